The van der Waals surface area contributed by atoms with E-state index < -0.39 is 0 Å². The van der Waals surface area contributed by atoms with Crippen molar-refractivity contribution < 1.29 is 9.53 Å². The molecule has 0 radical (unpaired) electrons. The molecule has 2 unspecified atom stereocenters. The van der Waals surface area contributed by atoms with Crippen molar-refractivity contribution in [2.45, 2.75) is 32.4 Å². The Labute approximate surface area is 99.1 Å². The third-order valence-corrected chi connectivity index (χ3v) is 3.49. The Hall–Kier alpha value is -1.63. The molecule has 0 bridgehead atoms. The number of rotatable bonds is 3. The summed E-state index contributed by atoms with van der Waals surface area (Å²) in [5, 5.41) is 8.99. The SMILES string of the molecule is COC1CC(NC(=O)c2nc(N)n[nH]2)C1(C)C. The summed E-state index contributed by atoms with van der Waals surface area (Å²) in [6, 6.07) is 0.0753. The van der Waals surface area contributed by atoms with Gasteiger partial charge in [0.15, 0.2) is 0 Å². The van der Waals surface area contributed by atoms with Crippen LogP contribution in [0, 0.1) is 5.41 Å². The number of aromatic nitrogens is 3. The van der Waals surface area contributed by atoms with Crippen LogP contribution in [-0.4, -0.2) is 40.3 Å². The standard InChI is InChI=1S/C10H17N5O2/c1-10(2)5(4-6(10)17-3)12-8(16)7-13-9(11)15-14-7/h5-6H,4H2,1-3H3,(H,12,16)(H3,11,13,14,15). The topological polar surface area (TPSA) is 106 Å². The third-order valence-electron chi connectivity index (χ3n) is 3.49. The van der Waals surface area contributed by atoms with Crippen molar-refractivity contribution in [3.8, 4) is 0 Å². The first-order valence-electron chi connectivity index (χ1n) is 5.46. The normalized spacial score (nSPS) is 26.3. The Balaban J connectivity index is 1.97. The van der Waals surface area contributed by atoms with Gasteiger partial charge in [0.1, 0.15) is 0 Å². The van der Waals surface area contributed by atoms with Crippen LogP contribution in [0.4, 0.5) is 5.95 Å². The quantitative estimate of drug-likeness (QED) is 0.684. The van der Waals surface area contributed by atoms with Crippen LogP contribution < -0.4 is 11.1 Å². The fraction of sp³-hybridized carbons (Fsp3) is 0.700. The number of H-pyrrole nitrogens is 1. The van der Waals surface area contributed by atoms with Gasteiger partial charge in [-0.1, -0.05) is 13.8 Å². The predicted molar refractivity (Wildman–Crippen MR) is 61.2 cm³/mol. The highest BCUT2D eigenvalue weighted by Crippen LogP contribution is 2.42. The Morgan fingerprint density at radius 1 is 1.65 bits per heavy atom. The molecule has 1 fully saturated rings. The number of anilines is 1. The summed E-state index contributed by atoms with van der Waals surface area (Å²) in [4.78, 5) is 15.6. The van der Waals surface area contributed by atoms with Crippen LogP contribution in [0.2, 0.25) is 0 Å². The van der Waals surface area contributed by atoms with Crippen molar-refractivity contribution in [3.05, 3.63) is 5.82 Å². The van der Waals surface area contributed by atoms with Crippen LogP contribution in [0.5, 0.6) is 0 Å². The van der Waals surface area contributed by atoms with Gasteiger partial charge in [-0.2, -0.15) is 4.98 Å². The van der Waals surface area contributed by atoms with E-state index in [1.807, 2.05) is 0 Å². The fourth-order valence-electron chi connectivity index (χ4n) is 2.13. The van der Waals surface area contributed by atoms with E-state index in [4.69, 9.17) is 10.5 Å². The smallest absolute Gasteiger partial charge is 0.288 e. The van der Waals surface area contributed by atoms with E-state index >= 15 is 0 Å². The van der Waals surface area contributed by atoms with Crippen LogP contribution in [-0.2, 0) is 4.74 Å². The molecule has 1 saturated carbocycles. The average molecular weight is 239 g/mol. The molecule has 1 aromatic rings. The summed E-state index contributed by atoms with van der Waals surface area (Å²) in [7, 11) is 1.68. The van der Waals surface area contributed by atoms with E-state index in [9.17, 15) is 4.79 Å². The Morgan fingerprint density at radius 3 is 2.82 bits per heavy atom. The Kier molecular flexibility index (Phi) is 2.78. The lowest BCUT2D eigenvalue weighted by Crippen LogP contribution is -2.61. The van der Waals surface area contributed by atoms with E-state index in [-0.39, 0.29) is 35.2 Å². The van der Waals surface area contributed by atoms with E-state index in [1.54, 1.807) is 7.11 Å². The lowest BCUT2D eigenvalue weighted by atomic mass is 9.64. The molecule has 7 heteroatoms. The molecule has 1 aliphatic carbocycles. The maximum Gasteiger partial charge on any atom is 0.288 e. The van der Waals surface area contributed by atoms with Crippen molar-refractivity contribution in [1.29, 1.82) is 0 Å². The number of amides is 1. The number of aromatic amines is 1. The summed E-state index contributed by atoms with van der Waals surface area (Å²) in [5.74, 6) is -0.0845. The van der Waals surface area contributed by atoms with E-state index in [0.29, 0.717) is 0 Å². The second kappa shape index (κ2) is 3.99. The van der Waals surface area contributed by atoms with Gasteiger partial charge < -0.3 is 15.8 Å². The minimum absolute atomic E-state index is 0.0674. The molecule has 2 rings (SSSR count). The number of ether oxygens (including phenoxy) is 1. The van der Waals surface area contributed by atoms with Crippen LogP contribution in [0.15, 0.2) is 0 Å². The molecule has 1 aromatic heterocycles. The lowest BCUT2D eigenvalue weighted by Gasteiger charge is -2.51. The zero-order chi connectivity index (χ0) is 12.6. The van der Waals surface area contributed by atoms with Crippen LogP contribution in [0.1, 0.15) is 30.9 Å². The molecular formula is C10H17N5O2. The molecule has 2 atom stereocenters. The number of nitrogens with one attached hydrogen (secondary N) is 2. The van der Waals surface area contributed by atoms with Gasteiger partial charge in [-0.05, 0) is 6.42 Å². The molecule has 0 spiro atoms. The monoisotopic (exact) mass is 239 g/mol. The summed E-state index contributed by atoms with van der Waals surface area (Å²) in [6.45, 7) is 4.12. The van der Waals surface area contributed by atoms with Gasteiger partial charge >= 0.3 is 0 Å². The number of carbonyl (C=O) groups is 1. The summed E-state index contributed by atoms with van der Waals surface area (Å²) >= 11 is 0. The number of nitrogens with two attached hydrogens (primary N) is 1. The first-order valence-corrected chi connectivity index (χ1v) is 5.46. The Morgan fingerprint density at radius 2 is 2.35 bits per heavy atom. The van der Waals surface area contributed by atoms with Gasteiger partial charge in [0.2, 0.25) is 11.8 Å². The highest BCUT2D eigenvalue weighted by Gasteiger charge is 2.49. The molecule has 1 aliphatic rings. The van der Waals surface area contributed by atoms with Crippen molar-refractivity contribution >= 4 is 11.9 Å². The van der Waals surface area contributed by atoms with Crippen molar-refractivity contribution in [1.82, 2.24) is 20.5 Å². The van der Waals surface area contributed by atoms with Crippen LogP contribution in [0.25, 0.3) is 0 Å². The molecule has 1 amide bonds. The van der Waals surface area contributed by atoms with Crippen molar-refractivity contribution in [2.75, 3.05) is 12.8 Å². The number of nitrogens with zero attached hydrogens (tertiary/aromatic N) is 2. The largest absolute Gasteiger partial charge is 0.381 e. The maximum atomic E-state index is 11.8. The molecule has 7 nitrogen and oxygen atoms in total. The van der Waals surface area contributed by atoms with Gasteiger partial charge in [-0.25, -0.2) is 0 Å². The Bertz CT molecular complexity index is 428. The first kappa shape index (κ1) is 11.8. The van der Waals surface area contributed by atoms with Gasteiger partial charge in [0, 0.05) is 18.6 Å². The summed E-state index contributed by atoms with van der Waals surface area (Å²) in [5.41, 5.74) is 5.26. The zero-order valence-corrected chi connectivity index (χ0v) is 10.2. The minimum atomic E-state index is -0.290. The highest BCUT2D eigenvalue weighted by atomic mass is 16.5. The number of nitrogen functional groups attached to an aromatic ring is 1. The number of carbonyl (C=O) groups excluding carboxylic acids is 1. The maximum absolute atomic E-state index is 11.8. The predicted octanol–water partition coefficient (Wildman–Crippen LogP) is -0.0698. The van der Waals surface area contributed by atoms with Gasteiger partial charge in [-0.15, -0.1) is 5.10 Å². The molecule has 0 aromatic carbocycles. The second-order valence-electron chi connectivity index (χ2n) is 4.85. The van der Waals surface area contributed by atoms with Gasteiger partial charge in [0.25, 0.3) is 5.91 Å². The molecule has 1 heterocycles. The van der Waals surface area contributed by atoms with Crippen LogP contribution >= 0.6 is 0 Å². The number of methoxy groups -OCH3 is 1. The van der Waals surface area contributed by atoms with Gasteiger partial charge in [-0.3, -0.25) is 9.89 Å². The average Bonchev–Trinajstić information content (AvgIpc) is 2.70. The minimum Gasteiger partial charge on any atom is -0.381 e. The lowest BCUT2D eigenvalue weighted by molar-refractivity contribution is -0.0943. The molecule has 4 N–H and O–H groups in total. The summed E-state index contributed by atoms with van der Waals surface area (Å²) < 4.78 is 5.32. The van der Waals surface area contributed by atoms with E-state index in [0.717, 1.165) is 6.42 Å². The van der Waals surface area contributed by atoms with Crippen molar-refractivity contribution in [3.63, 3.8) is 0 Å². The number of hydrogen-bond acceptors (Lipinski definition) is 5. The van der Waals surface area contributed by atoms with Crippen molar-refractivity contribution in [2.24, 2.45) is 5.41 Å². The molecule has 94 valence electrons. The molecule has 0 saturated heterocycles. The van der Waals surface area contributed by atoms with E-state index in [1.165, 1.54) is 0 Å². The zero-order valence-electron chi connectivity index (χ0n) is 10.2. The summed E-state index contributed by atoms with van der Waals surface area (Å²) in [6.07, 6.45) is 0.978. The molecule has 0 aliphatic heterocycles. The first-order chi connectivity index (χ1) is 7.95. The fourth-order valence-corrected chi connectivity index (χ4v) is 2.13. The van der Waals surface area contributed by atoms with E-state index in [2.05, 4.69) is 34.3 Å². The third kappa shape index (κ3) is 1.97. The second-order valence-corrected chi connectivity index (χ2v) is 4.85. The molecular weight excluding hydrogens is 222 g/mol. The molecule has 17 heavy (non-hydrogen) atoms. The van der Waals surface area contributed by atoms with Crippen LogP contribution in [0.3, 0.4) is 0 Å². The number of hydrogen-bond donors (Lipinski definition) is 3. The highest BCUT2D eigenvalue weighted by molar-refractivity contribution is 5.90. The van der Waals surface area contributed by atoms with Gasteiger partial charge in [0.05, 0.1) is 6.10 Å².